The summed E-state index contributed by atoms with van der Waals surface area (Å²) in [7, 11) is 0. The third kappa shape index (κ3) is 63.8. The molecule has 0 aliphatic rings. The molecule has 0 spiro atoms. The lowest BCUT2D eigenvalue weighted by atomic mass is 10.0. The van der Waals surface area contributed by atoms with Gasteiger partial charge in [-0.15, -0.1) is 0 Å². The van der Waals surface area contributed by atoms with Crippen LogP contribution in [-0.2, 0) is 14.3 Å². The molecule has 2 atom stereocenters. The number of ether oxygens (including phenoxy) is 1. The number of hydrogen-bond donors (Lipinski definition) is 3. The zero-order valence-electron chi connectivity index (χ0n) is 53.2. The van der Waals surface area contributed by atoms with Crippen molar-refractivity contribution in [1.29, 1.82) is 0 Å². The van der Waals surface area contributed by atoms with Gasteiger partial charge in [-0.2, -0.15) is 0 Å². The highest BCUT2D eigenvalue weighted by molar-refractivity contribution is 5.76. The number of aliphatic hydroxyl groups excluding tert-OH is 2. The van der Waals surface area contributed by atoms with Gasteiger partial charge in [-0.25, -0.2) is 0 Å². The van der Waals surface area contributed by atoms with Crippen molar-refractivity contribution in [3.05, 3.63) is 12.2 Å². The smallest absolute Gasteiger partial charge is 0.305 e. The van der Waals surface area contributed by atoms with Crippen molar-refractivity contribution in [3.63, 3.8) is 0 Å². The van der Waals surface area contributed by atoms with E-state index in [1.165, 1.54) is 347 Å². The van der Waals surface area contributed by atoms with Crippen LogP contribution in [-0.4, -0.2) is 47.4 Å². The molecule has 0 aromatic rings. The second kappa shape index (κ2) is 68.1. The average Bonchev–Trinajstić information content (AvgIpc) is 3.44. The van der Waals surface area contributed by atoms with Gasteiger partial charge < -0.3 is 20.3 Å². The molecule has 6 nitrogen and oxygen atoms in total. The first-order valence-corrected chi connectivity index (χ1v) is 36.0. The van der Waals surface area contributed by atoms with E-state index in [-0.39, 0.29) is 18.5 Å². The summed E-state index contributed by atoms with van der Waals surface area (Å²) in [4.78, 5) is 24.7. The third-order valence-electron chi connectivity index (χ3n) is 17.1. The number of nitrogens with one attached hydrogen (secondary N) is 1. The van der Waals surface area contributed by atoms with E-state index < -0.39 is 12.1 Å². The molecule has 0 fully saturated rings. The van der Waals surface area contributed by atoms with Crippen molar-refractivity contribution < 1.29 is 24.5 Å². The van der Waals surface area contributed by atoms with Crippen molar-refractivity contribution in [2.24, 2.45) is 0 Å². The van der Waals surface area contributed by atoms with Gasteiger partial charge in [0.15, 0.2) is 0 Å². The maximum atomic E-state index is 12.5. The lowest BCUT2D eigenvalue weighted by Gasteiger charge is -2.20. The fourth-order valence-corrected chi connectivity index (χ4v) is 11.6. The number of amides is 1. The van der Waals surface area contributed by atoms with Crippen LogP contribution in [0, 0.1) is 0 Å². The standard InChI is InChI=1S/C72H141NO5/c1-3-5-7-9-11-13-15-17-19-21-23-24-25-29-32-36-40-44-48-52-56-60-64-70(75)69(68-74)73-71(76)65-61-57-53-49-45-41-37-33-30-26-27-31-35-39-43-47-51-55-59-63-67-78-72(77)66-62-58-54-50-46-42-38-34-28-22-20-18-16-14-12-10-8-6-4-2/h60,64,69-70,74-75H,3-59,61-63,65-68H2,1-2H3,(H,73,76)/b64-60+. The summed E-state index contributed by atoms with van der Waals surface area (Å²) in [5.74, 6) is -0.0488. The van der Waals surface area contributed by atoms with Gasteiger partial charge in [0.2, 0.25) is 5.91 Å². The molecule has 6 heteroatoms. The summed E-state index contributed by atoms with van der Waals surface area (Å²) in [5.41, 5.74) is 0. The van der Waals surface area contributed by atoms with Crippen LogP contribution in [0.4, 0.5) is 0 Å². The van der Waals surface area contributed by atoms with Crippen molar-refractivity contribution >= 4 is 11.9 Å². The van der Waals surface area contributed by atoms with Crippen LogP contribution < -0.4 is 5.32 Å². The first-order chi connectivity index (χ1) is 38.5. The van der Waals surface area contributed by atoms with Gasteiger partial charge in [-0.3, -0.25) is 9.59 Å². The molecule has 0 aliphatic carbocycles. The lowest BCUT2D eigenvalue weighted by Crippen LogP contribution is -2.45. The molecule has 0 saturated carbocycles. The highest BCUT2D eigenvalue weighted by Crippen LogP contribution is 2.19. The van der Waals surface area contributed by atoms with E-state index in [4.69, 9.17) is 4.74 Å². The van der Waals surface area contributed by atoms with Crippen molar-refractivity contribution in [3.8, 4) is 0 Å². The van der Waals surface area contributed by atoms with E-state index in [1.807, 2.05) is 6.08 Å². The van der Waals surface area contributed by atoms with E-state index >= 15 is 0 Å². The molecule has 3 N–H and O–H groups in total. The minimum atomic E-state index is -0.846. The zero-order chi connectivity index (χ0) is 56.4. The second-order valence-electron chi connectivity index (χ2n) is 24.9. The first kappa shape index (κ1) is 76.6. The molecule has 0 aromatic heterocycles. The van der Waals surface area contributed by atoms with Crippen LogP contribution in [0.1, 0.15) is 412 Å². The maximum absolute atomic E-state index is 12.5. The van der Waals surface area contributed by atoms with Crippen molar-refractivity contribution in [1.82, 2.24) is 5.32 Å². The Balaban J connectivity index is 3.39. The Kier molecular flexibility index (Phi) is 66.9. The van der Waals surface area contributed by atoms with E-state index in [9.17, 15) is 19.8 Å². The molecular weight excluding hydrogens is 959 g/mol. The van der Waals surface area contributed by atoms with E-state index in [0.717, 1.165) is 38.5 Å². The summed E-state index contributed by atoms with van der Waals surface area (Å²) in [5, 5.41) is 23.3. The third-order valence-corrected chi connectivity index (χ3v) is 17.1. The minimum absolute atomic E-state index is 0.0161. The lowest BCUT2D eigenvalue weighted by molar-refractivity contribution is -0.143. The zero-order valence-corrected chi connectivity index (χ0v) is 53.2. The van der Waals surface area contributed by atoms with Gasteiger partial charge in [0, 0.05) is 12.8 Å². The first-order valence-electron chi connectivity index (χ1n) is 36.0. The van der Waals surface area contributed by atoms with Gasteiger partial charge >= 0.3 is 5.97 Å². The number of hydrogen-bond acceptors (Lipinski definition) is 5. The van der Waals surface area contributed by atoms with Gasteiger partial charge in [-0.05, 0) is 32.1 Å². The molecule has 0 bridgehead atoms. The van der Waals surface area contributed by atoms with E-state index in [1.54, 1.807) is 6.08 Å². The number of rotatable bonds is 68. The highest BCUT2D eigenvalue weighted by atomic mass is 16.5. The summed E-state index contributed by atoms with van der Waals surface area (Å²) in [6.45, 7) is 4.95. The predicted molar refractivity (Wildman–Crippen MR) is 343 cm³/mol. The van der Waals surface area contributed by atoms with Crippen molar-refractivity contribution in [2.75, 3.05) is 13.2 Å². The average molecular weight is 1100 g/mol. The quantitative estimate of drug-likeness (QED) is 0.0320. The summed E-state index contributed by atoms with van der Waals surface area (Å²) < 4.78 is 5.51. The van der Waals surface area contributed by atoms with Gasteiger partial charge in [0.1, 0.15) is 0 Å². The van der Waals surface area contributed by atoms with Crippen LogP contribution in [0.3, 0.4) is 0 Å². The Morgan fingerprint density at radius 3 is 0.872 bits per heavy atom. The molecule has 0 aromatic carbocycles. The fourth-order valence-electron chi connectivity index (χ4n) is 11.6. The number of unbranched alkanes of at least 4 members (excludes halogenated alkanes) is 57. The Morgan fingerprint density at radius 2 is 0.590 bits per heavy atom. The molecule has 0 radical (unpaired) electrons. The summed E-state index contributed by atoms with van der Waals surface area (Å²) in [6.07, 6.45) is 84.3. The molecule has 0 saturated heterocycles. The molecule has 0 rings (SSSR count). The SMILES string of the molecule is CCCCCCCCCCCCCCCCCCCCCC/C=C/C(O)C(CO)NC(=O)CCCCCCCCCCCCCCCCCCCCCCOC(=O)CCCCCCCCCCCCCCCCCCCCC. The number of aliphatic hydroxyl groups is 2. The summed E-state index contributed by atoms with van der Waals surface area (Å²) in [6, 6.07) is -0.630. The number of esters is 1. The molecular formula is C72H141NO5. The largest absolute Gasteiger partial charge is 0.466 e. The fraction of sp³-hybridized carbons (Fsp3) is 0.944. The van der Waals surface area contributed by atoms with Crippen molar-refractivity contribution in [2.45, 2.75) is 424 Å². The van der Waals surface area contributed by atoms with Crippen LogP contribution in [0.15, 0.2) is 12.2 Å². The molecule has 0 aliphatic heterocycles. The Bertz CT molecular complexity index is 1180. The molecule has 464 valence electrons. The van der Waals surface area contributed by atoms with Crippen LogP contribution in [0.5, 0.6) is 0 Å². The normalized spacial score (nSPS) is 12.5. The maximum Gasteiger partial charge on any atom is 0.305 e. The molecule has 2 unspecified atom stereocenters. The number of carbonyl (C=O) groups is 2. The molecule has 0 heterocycles. The van der Waals surface area contributed by atoms with E-state index in [0.29, 0.717) is 19.4 Å². The monoisotopic (exact) mass is 1100 g/mol. The highest BCUT2D eigenvalue weighted by Gasteiger charge is 2.18. The summed E-state index contributed by atoms with van der Waals surface area (Å²) >= 11 is 0. The van der Waals surface area contributed by atoms with Gasteiger partial charge in [0.05, 0.1) is 25.4 Å². The van der Waals surface area contributed by atoms with E-state index in [2.05, 4.69) is 19.2 Å². The van der Waals surface area contributed by atoms with Crippen LogP contribution >= 0.6 is 0 Å². The van der Waals surface area contributed by atoms with Gasteiger partial charge in [-0.1, -0.05) is 379 Å². The Labute approximate surface area is 489 Å². The van der Waals surface area contributed by atoms with Gasteiger partial charge in [0.25, 0.3) is 0 Å². The predicted octanol–water partition coefficient (Wildman–Crippen LogP) is 23.1. The molecule has 78 heavy (non-hydrogen) atoms. The Morgan fingerprint density at radius 1 is 0.346 bits per heavy atom. The Hall–Kier alpha value is -1.40. The molecule has 1 amide bonds. The minimum Gasteiger partial charge on any atom is -0.466 e. The second-order valence-corrected chi connectivity index (χ2v) is 24.9. The number of carbonyl (C=O) groups excluding carboxylic acids is 2. The van der Waals surface area contributed by atoms with Crippen LogP contribution in [0.25, 0.3) is 0 Å². The topological polar surface area (TPSA) is 95.9 Å². The van der Waals surface area contributed by atoms with Crippen LogP contribution in [0.2, 0.25) is 0 Å². The number of allylic oxidation sites excluding steroid dienone is 1.